The summed E-state index contributed by atoms with van der Waals surface area (Å²) in [5.41, 5.74) is 1.15. The first kappa shape index (κ1) is 16.7. The van der Waals surface area contributed by atoms with Gasteiger partial charge in [0.15, 0.2) is 0 Å². The molecule has 1 amide bonds. The number of benzene rings is 1. The highest BCUT2D eigenvalue weighted by atomic mass is 35.5. The van der Waals surface area contributed by atoms with E-state index < -0.39 is 0 Å². The smallest absolute Gasteiger partial charge is 0.233 e. The maximum atomic E-state index is 12.1. The number of hydrogen-bond donors (Lipinski definition) is 2. The molecule has 4 nitrogen and oxygen atoms in total. The second kappa shape index (κ2) is 7.65. The van der Waals surface area contributed by atoms with Gasteiger partial charge in [0.25, 0.3) is 0 Å². The van der Waals surface area contributed by atoms with E-state index in [1.165, 1.54) is 18.4 Å². The van der Waals surface area contributed by atoms with Crippen LogP contribution in [0.25, 0.3) is 0 Å². The van der Waals surface area contributed by atoms with Crippen molar-refractivity contribution in [3.05, 3.63) is 34.9 Å². The lowest BCUT2D eigenvalue weighted by atomic mass is 9.88. The number of nitrogens with one attached hydrogen (secondary N) is 2. The van der Waals surface area contributed by atoms with E-state index in [0.29, 0.717) is 19.0 Å². The summed E-state index contributed by atoms with van der Waals surface area (Å²) in [5, 5.41) is 7.29. The Hall–Kier alpha value is -1.10. The van der Waals surface area contributed by atoms with Gasteiger partial charge in [0.1, 0.15) is 0 Å². The predicted molar refractivity (Wildman–Crippen MR) is 91.5 cm³/mol. The summed E-state index contributed by atoms with van der Waals surface area (Å²) in [6, 6.07) is 8.01. The van der Waals surface area contributed by atoms with Crippen LogP contribution in [-0.2, 0) is 15.1 Å². The summed E-state index contributed by atoms with van der Waals surface area (Å²) >= 11 is 6.00. The average Bonchev–Trinajstić information content (AvgIpc) is 3.24. The van der Waals surface area contributed by atoms with Crippen LogP contribution in [0.1, 0.15) is 37.7 Å². The molecule has 23 heavy (non-hydrogen) atoms. The van der Waals surface area contributed by atoms with Crippen LogP contribution in [0.2, 0.25) is 5.02 Å². The van der Waals surface area contributed by atoms with Gasteiger partial charge in [-0.2, -0.15) is 0 Å². The molecule has 126 valence electrons. The van der Waals surface area contributed by atoms with Crippen molar-refractivity contribution < 1.29 is 9.53 Å². The van der Waals surface area contributed by atoms with Crippen molar-refractivity contribution >= 4 is 17.5 Å². The Kier molecular flexibility index (Phi) is 5.57. The summed E-state index contributed by atoms with van der Waals surface area (Å²) in [5.74, 6) is 0.535. The molecule has 5 heteroatoms. The lowest BCUT2D eigenvalue weighted by Crippen LogP contribution is -2.46. The fraction of sp³-hybridized carbons (Fsp3) is 0.611. The lowest BCUT2D eigenvalue weighted by Gasteiger charge is -2.31. The summed E-state index contributed by atoms with van der Waals surface area (Å²) < 4.78 is 5.34. The number of halogens is 1. The zero-order valence-electron chi connectivity index (χ0n) is 13.4. The minimum Gasteiger partial charge on any atom is -0.381 e. The highest BCUT2D eigenvalue weighted by Crippen LogP contribution is 2.38. The third-order valence-corrected chi connectivity index (χ3v) is 5.31. The van der Waals surface area contributed by atoms with Gasteiger partial charge in [-0.3, -0.25) is 10.1 Å². The van der Waals surface area contributed by atoms with Gasteiger partial charge < -0.3 is 10.1 Å². The van der Waals surface area contributed by atoms with Crippen LogP contribution in [0.5, 0.6) is 0 Å². The summed E-state index contributed by atoms with van der Waals surface area (Å²) in [4.78, 5) is 12.1. The number of hydrogen-bond acceptors (Lipinski definition) is 3. The number of amides is 1. The standard InChI is InChI=1S/C18H25ClN2O2/c19-16-5-3-15(4-6-16)18(8-1-2-9-18)21-12-17(22)20-11-14-7-10-23-13-14/h3-6,14,21H,1-2,7-13H2,(H,20,22). The van der Waals surface area contributed by atoms with Crippen LogP contribution in [0.15, 0.2) is 24.3 Å². The monoisotopic (exact) mass is 336 g/mol. The van der Waals surface area contributed by atoms with Gasteiger partial charge in [-0.05, 0) is 37.0 Å². The summed E-state index contributed by atoms with van der Waals surface area (Å²) in [7, 11) is 0. The van der Waals surface area contributed by atoms with Gasteiger partial charge in [-0.25, -0.2) is 0 Å². The zero-order chi connectivity index (χ0) is 16.1. The molecule has 2 N–H and O–H groups in total. The molecule has 1 heterocycles. The first-order chi connectivity index (χ1) is 11.2. The molecule has 1 saturated heterocycles. The molecule has 1 aliphatic heterocycles. The second-order valence-corrected chi connectivity index (χ2v) is 7.12. The number of carbonyl (C=O) groups excluding carboxylic acids is 1. The van der Waals surface area contributed by atoms with Gasteiger partial charge >= 0.3 is 0 Å². The van der Waals surface area contributed by atoms with Crippen LogP contribution < -0.4 is 10.6 Å². The molecule has 1 aliphatic carbocycles. The molecule has 0 bridgehead atoms. The van der Waals surface area contributed by atoms with Crippen molar-refractivity contribution in [2.24, 2.45) is 5.92 Å². The molecule has 1 unspecified atom stereocenters. The summed E-state index contributed by atoms with van der Waals surface area (Å²) in [6.07, 6.45) is 5.56. The SMILES string of the molecule is O=C(CNC1(c2ccc(Cl)cc2)CCCC1)NCC1CCOC1. The molecule has 0 aromatic heterocycles. The summed E-state index contributed by atoms with van der Waals surface area (Å²) in [6.45, 7) is 2.66. The molecule has 1 atom stereocenters. The Morgan fingerprint density at radius 1 is 1.26 bits per heavy atom. The fourth-order valence-corrected chi connectivity index (χ4v) is 3.76. The van der Waals surface area contributed by atoms with Gasteiger partial charge in [0.05, 0.1) is 13.2 Å². The van der Waals surface area contributed by atoms with Crippen molar-refractivity contribution in [2.45, 2.75) is 37.6 Å². The quantitative estimate of drug-likeness (QED) is 0.840. The highest BCUT2D eigenvalue weighted by Gasteiger charge is 2.35. The Morgan fingerprint density at radius 3 is 2.65 bits per heavy atom. The fourth-order valence-electron chi connectivity index (χ4n) is 3.63. The van der Waals surface area contributed by atoms with E-state index in [-0.39, 0.29) is 11.4 Å². The van der Waals surface area contributed by atoms with E-state index in [2.05, 4.69) is 22.8 Å². The van der Waals surface area contributed by atoms with Crippen molar-refractivity contribution in [3.63, 3.8) is 0 Å². The van der Waals surface area contributed by atoms with E-state index in [0.717, 1.165) is 37.5 Å². The highest BCUT2D eigenvalue weighted by molar-refractivity contribution is 6.30. The molecular formula is C18H25ClN2O2. The van der Waals surface area contributed by atoms with Crippen molar-refractivity contribution in [1.82, 2.24) is 10.6 Å². The van der Waals surface area contributed by atoms with E-state index >= 15 is 0 Å². The first-order valence-corrected chi connectivity index (χ1v) is 8.91. The van der Waals surface area contributed by atoms with E-state index in [1.807, 2.05) is 12.1 Å². The maximum Gasteiger partial charge on any atom is 0.233 e. The third kappa shape index (κ3) is 4.25. The molecular weight excluding hydrogens is 312 g/mol. The van der Waals surface area contributed by atoms with E-state index in [4.69, 9.17) is 16.3 Å². The van der Waals surface area contributed by atoms with Gasteiger partial charge in [0.2, 0.25) is 5.91 Å². The van der Waals surface area contributed by atoms with Crippen molar-refractivity contribution in [1.29, 1.82) is 0 Å². The molecule has 0 spiro atoms. The normalized spacial score (nSPS) is 23.1. The van der Waals surface area contributed by atoms with Gasteiger partial charge in [-0.1, -0.05) is 36.6 Å². The van der Waals surface area contributed by atoms with Crippen molar-refractivity contribution in [3.8, 4) is 0 Å². The van der Waals surface area contributed by atoms with Crippen molar-refractivity contribution in [2.75, 3.05) is 26.3 Å². The maximum absolute atomic E-state index is 12.1. The number of rotatable bonds is 6. The van der Waals surface area contributed by atoms with Crippen LogP contribution in [0.4, 0.5) is 0 Å². The Labute approximate surface area is 142 Å². The molecule has 2 fully saturated rings. The number of carbonyl (C=O) groups is 1. The van der Waals surface area contributed by atoms with Gasteiger partial charge in [-0.15, -0.1) is 0 Å². The lowest BCUT2D eigenvalue weighted by molar-refractivity contribution is -0.120. The molecule has 0 radical (unpaired) electrons. The zero-order valence-corrected chi connectivity index (χ0v) is 14.2. The Bertz CT molecular complexity index is 520. The van der Waals surface area contributed by atoms with Gasteiger partial charge in [0, 0.05) is 29.6 Å². The Morgan fingerprint density at radius 2 is 2.00 bits per heavy atom. The molecule has 1 saturated carbocycles. The average molecular weight is 337 g/mol. The Balaban J connectivity index is 1.54. The molecule has 1 aromatic rings. The molecule has 3 rings (SSSR count). The topological polar surface area (TPSA) is 50.4 Å². The van der Waals surface area contributed by atoms with Crippen LogP contribution in [0, 0.1) is 5.92 Å². The minimum atomic E-state index is -0.0849. The largest absolute Gasteiger partial charge is 0.381 e. The third-order valence-electron chi connectivity index (χ3n) is 5.05. The van der Waals surface area contributed by atoms with E-state index in [9.17, 15) is 4.79 Å². The second-order valence-electron chi connectivity index (χ2n) is 6.68. The predicted octanol–water partition coefficient (Wildman–Crippen LogP) is 2.85. The first-order valence-electron chi connectivity index (χ1n) is 8.53. The molecule has 2 aliphatic rings. The number of ether oxygens (including phenoxy) is 1. The van der Waals surface area contributed by atoms with E-state index in [1.54, 1.807) is 0 Å². The van der Waals surface area contributed by atoms with Crippen LogP contribution >= 0.6 is 11.6 Å². The van der Waals surface area contributed by atoms with Crippen LogP contribution in [-0.4, -0.2) is 32.2 Å². The molecule has 1 aromatic carbocycles. The minimum absolute atomic E-state index is 0.0668. The van der Waals surface area contributed by atoms with Crippen LogP contribution in [0.3, 0.4) is 0 Å².